The lowest BCUT2D eigenvalue weighted by atomic mass is 10.1. The number of furan rings is 1. The number of nitrogens with one attached hydrogen (secondary N) is 1. The molecular formula is C15H13N3O3. The van der Waals surface area contributed by atoms with Crippen molar-refractivity contribution in [2.24, 2.45) is 0 Å². The number of carbonyl (C=O) groups is 1. The van der Waals surface area contributed by atoms with E-state index in [1.54, 1.807) is 36.9 Å². The molecule has 21 heavy (non-hydrogen) atoms. The molecule has 0 aliphatic carbocycles. The van der Waals surface area contributed by atoms with Gasteiger partial charge in [-0.25, -0.2) is 0 Å². The zero-order chi connectivity index (χ0) is 14.5. The first kappa shape index (κ1) is 13.1. The maximum atomic E-state index is 11.8. The summed E-state index contributed by atoms with van der Waals surface area (Å²) in [5.41, 5.74) is 1.07. The normalized spacial score (nSPS) is 10.5. The molecule has 1 amide bonds. The summed E-state index contributed by atoms with van der Waals surface area (Å²) in [6, 6.07) is 8.92. The lowest BCUT2D eigenvalue weighted by molar-refractivity contribution is -0.116. The van der Waals surface area contributed by atoms with E-state index in [-0.39, 0.29) is 5.91 Å². The van der Waals surface area contributed by atoms with Crippen molar-refractivity contribution in [1.82, 2.24) is 10.1 Å². The Bertz CT molecular complexity index is 705. The second-order valence-corrected chi connectivity index (χ2v) is 4.46. The molecule has 106 valence electrons. The van der Waals surface area contributed by atoms with E-state index >= 15 is 0 Å². The van der Waals surface area contributed by atoms with Gasteiger partial charge in [-0.1, -0.05) is 5.16 Å². The van der Waals surface area contributed by atoms with Crippen LogP contribution in [-0.2, 0) is 11.2 Å². The van der Waals surface area contributed by atoms with Crippen molar-refractivity contribution in [3.63, 3.8) is 0 Å². The highest BCUT2D eigenvalue weighted by Gasteiger charge is 2.11. The number of aryl methyl sites for hydroxylation is 1. The Balaban J connectivity index is 1.55. The second-order valence-electron chi connectivity index (χ2n) is 4.46. The standard InChI is InChI=1S/C15H13N3O3/c19-15(4-3-11-5-7-16-8-6-11)17-14-10-13(21-18-14)12-2-1-9-20-12/h1-2,5-10H,3-4H2,(H,17,18,19). The van der Waals surface area contributed by atoms with Crippen LogP contribution in [0.25, 0.3) is 11.5 Å². The van der Waals surface area contributed by atoms with Gasteiger partial charge in [0, 0.05) is 24.9 Å². The van der Waals surface area contributed by atoms with Gasteiger partial charge in [-0.2, -0.15) is 0 Å². The van der Waals surface area contributed by atoms with E-state index in [9.17, 15) is 4.79 Å². The summed E-state index contributed by atoms with van der Waals surface area (Å²) >= 11 is 0. The number of hydrogen-bond donors (Lipinski definition) is 1. The third-order valence-corrected chi connectivity index (χ3v) is 2.93. The lowest BCUT2D eigenvalue weighted by Gasteiger charge is -2.01. The molecular weight excluding hydrogens is 270 g/mol. The van der Waals surface area contributed by atoms with Crippen LogP contribution in [0, 0.1) is 0 Å². The van der Waals surface area contributed by atoms with Crippen LogP contribution >= 0.6 is 0 Å². The third-order valence-electron chi connectivity index (χ3n) is 2.93. The largest absolute Gasteiger partial charge is 0.461 e. The van der Waals surface area contributed by atoms with E-state index in [1.807, 2.05) is 12.1 Å². The Morgan fingerprint density at radius 1 is 1.19 bits per heavy atom. The van der Waals surface area contributed by atoms with E-state index in [2.05, 4.69) is 15.5 Å². The highest BCUT2D eigenvalue weighted by Crippen LogP contribution is 2.22. The molecule has 0 aliphatic rings. The molecule has 3 heterocycles. The summed E-state index contributed by atoms with van der Waals surface area (Å²) in [4.78, 5) is 15.8. The quantitative estimate of drug-likeness (QED) is 0.778. The molecule has 0 unspecified atom stereocenters. The van der Waals surface area contributed by atoms with Gasteiger partial charge in [0.05, 0.1) is 6.26 Å². The molecule has 6 nitrogen and oxygen atoms in total. The van der Waals surface area contributed by atoms with Gasteiger partial charge in [-0.3, -0.25) is 9.78 Å². The molecule has 0 aliphatic heterocycles. The number of anilines is 1. The summed E-state index contributed by atoms with van der Waals surface area (Å²) < 4.78 is 10.3. The summed E-state index contributed by atoms with van der Waals surface area (Å²) in [5.74, 6) is 1.30. The first-order chi connectivity index (χ1) is 10.3. The molecule has 6 heteroatoms. The van der Waals surface area contributed by atoms with Crippen LogP contribution in [0.2, 0.25) is 0 Å². The molecule has 3 rings (SSSR count). The van der Waals surface area contributed by atoms with Gasteiger partial charge in [0.15, 0.2) is 11.6 Å². The second kappa shape index (κ2) is 6.04. The first-order valence-corrected chi connectivity index (χ1v) is 6.50. The SMILES string of the molecule is O=C(CCc1ccncc1)Nc1cc(-c2ccco2)on1. The highest BCUT2D eigenvalue weighted by molar-refractivity contribution is 5.90. The molecule has 0 bridgehead atoms. The molecule has 0 radical (unpaired) electrons. The maximum absolute atomic E-state index is 11.8. The Morgan fingerprint density at radius 3 is 2.81 bits per heavy atom. The summed E-state index contributed by atoms with van der Waals surface area (Å²) in [6.07, 6.45) is 5.98. The molecule has 0 saturated carbocycles. The van der Waals surface area contributed by atoms with Gasteiger partial charge in [0.2, 0.25) is 11.7 Å². The van der Waals surface area contributed by atoms with Crippen molar-refractivity contribution >= 4 is 11.7 Å². The van der Waals surface area contributed by atoms with Gasteiger partial charge in [-0.15, -0.1) is 0 Å². The van der Waals surface area contributed by atoms with Gasteiger partial charge in [-0.05, 0) is 36.2 Å². The zero-order valence-corrected chi connectivity index (χ0v) is 11.2. The Labute approximate surface area is 120 Å². The van der Waals surface area contributed by atoms with Crippen LogP contribution in [-0.4, -0.2) is 16.0 Å². The minimum absolute atomic E-state index is 0.119. The van der Waals surface area contributed by atoms with E-state index in [0.717, 1.165) is 5.56 Å². The zero-order valence-electron chi connectivity index (χ0n) is 11.2. The Morgan fingerprint density at radius 2 is 2.05 bits per heavy atom. The van der Waals surface area contributed by atoms with Crippen LogP contribution in [0.5, 0.6) is 0 Å². The Hall–Kier alpha value is -2.89. The predicted octanol–water partition coefficient (Wildman–Crippen LogP) is 2.90. The number of pyridine rings is 1. The van der Waals surface area contributed by atoms with E-state index in [1.165, 1.54) is 0 Å². The van der Waals surface area contributed by atoms with Crippen molar-refractivity contribution in [2.75, 3.05) is 5.32 Å². The number of nitrogens with zero attached hydrogens (tertiary/aromatic N) is 2. The molecule has 0 spiro atoms. The van der Waals surface area contributed by atoms with E-state index in [4.69, 9.17) is 8.94 Å². The average Bonchev–Trinajstić information content (AvgIpc) is 3.17. The molecule has 3 aromatic rings. The number of hydrogen-bond acceptors (Lipinski definition) is 5. The predicted molar refractivity (Wildman–Crippen MR) is 75.4 cm³/mol. The molecule has 0 aromatic carbocycles. The maximum Gasteiger partial charge on any atom is 0.225 e. The van der Waals surface area contributed by atoms with Gasteiger partial charge in [0.25, 0.3) is 0 Å². The molecule has 1 N–H and O–H groups in total. The fourth-order valence-electron chi connectivity index (χ4n) is 1.88. The molecule has 0 saturated heterocycles. The molecule has 3 aromatic heterocycles. The number of amides is 1. The van der Waals surface area contributed by atoms with Crippen molar-refractivity contribution < 1.29 is 13.7 Å². The minimum Gasteiger partial charge on any atom is -0.461 e. The van der Waals surface area contributed by atoms with Crippen molar-refractivity contribution in [3.05, 3.63) is 54.6 Å². The Kier molecular flexibility index (Phi) is 3.77. The highest BCUT2D eigenvalue weighted by atomic mass is 16.5. The summed E-state index contributed by atoms with van der Waals surface area (Å²) in [6.45, 7) is 0. The fraction of sp³-hybridized carbons (Fsp3) is 0.133. The van der Waals surface area contributed by atoms with Gasteiger partial charge < -0.3 is 14.3 Å². The monoisotopic (exact) mass is 283 g/mol. The van der Waals surface area contributed by atoms with Gasteiger partial charge >= 0.3 is 0 Å². The molecule has 0 atom stereocenters. The number of aromatic nitrogens is 2. The van der Waals surface area contributed by atoms with Crippen LogP contribution in [0.15, 0.2) is 57.9 Å². The third kappa shape index (κ3) is 3.36. The summed E-state index contributed by atoms with van der Waals surface area (Å²) in [5, 5.41) is 6.48. The van der Waals surface area contributed by atoms with Gasteiger partial charge in [0.1, 0.15) is 0 Å². The topological polar surface area (TPSA) is 81.2 Å². The van der Waals surface area contributed by atoms with Crippen molar-refractivity contribution in [3.8, 4) is 11.5 Å². The van der Waals surface area contributed by atoms with Crippen molar-refractivity contribution in [2.45, 2.75) is 12.8 Å². The number of carbonyl (C=O) groups excluding carboxylic acids is 1. The molecule has 0 fully saturated rings. The van der Waals surface area contributed by atoms with E-state index < -0.39 is 0 Å². The minimum atomic E-state index is -0.119. The van der Waals surface area contributed by atoms with Crippen LogP contribution < -0.4 is 5.32 Å². The van der Waals surface area contributed by atoms with Crippen LogP contribution in [0.1, 0.15) is 12.0 Å². The lowest BCUT2D eigenvalue weighted by Crippen LogP contribution is -2.12. The van der Waals surface area contributed by atoms with E-state index in [0.29, 0.717) is 30.2 Å². The smallest absolute Gasteiger partial charge is 0.225 e. The first-order valence-electron chi connectivity index (χ1n) is 6.50. The number of rotatable bonds is 5. The van der Waals surface area contributed by atoms with Crippen molar-refractivity contribution in [1.29, 1.82) is 0 Å². The fourth-order valence-corrected chi connectivity index (χ4v) is 1.88. The van der Waals surface area contributed by atoms with Crippen LogP contribution in [0.3, 0.4) is 0 Å². The van der Waals surface area contributed by atoms with Crippen LogP contribution in [0.4, 0.5) is 5.82 Å². The summed E-state index contributed by atoms with van der Waals surface area (Å²) in [7, 11) is 0. The average molecular weight is 283 g/mol.